The van der Waals surface area contributed by atoms with Gasteiger partial charge in [0, 0.05) is 29.1 Å². The lowest BCUT2D eigenvalue weighted by atomic mass is 9.94. The van der Waals surface area contributed by atoms with Crippen molar-refractivity contribution >= 4 is 35.1 Å². The second-order valence-electron chi connectivity index (χ2n) is 9.42. The van der Waals surface area contributed by atoms with E-state index in [4.69, 9.17) is 33.0 Å². The molecule has 1 aromatic heterocycles. The summed E-state index contributed by atoms with van der Waals surface area (Å²) in [5.41, 5.74) is 2.01. The molecule has 0 radical (unpaired) electrons. The number of rotatable bonds is 7. The van der Waals surface area contributed by atoms with E-state index in [-0.39, 0.29) is 11.6 Å². The average Bonchev–Trinajstić information content (AvgIpc) is 3.34. The predicted octanol–water partition coefficient (Wildman–Crippen LogP) is 7.07. The highest BCUT2D eigenvalue weighted by Crippen LogP contribution is 2.38. The zero-order valence-electron chi connectivity index (χ0n) is 21.3. The van der Waals surface area contributed by atoms with Gasteiger partial charge in [-0.2, -0.15) is 5.10 Å². The quantitative estimate of drug-likeness (QED) is 0.260. The molecule has 3 aromatic carbocycles. The highest BCUT2D eigenvalue weighted by atomic mass is 35.5. The van der Waals surface area contributed by atoms with Crippen molar-refractivity contribution in [1.29, 1.82) is 0 Å². The molecule has 2 unspecified atom stereocenters. The first-order chi connectivity index (χ1) is 18.8. The molecule has 1 amide bonds. The molecule has 1 fully saturated rings. The maximum atomic E-state index is 14.2. The third-order valence-electron chi connectivity index (χ3n) is 6.85. The average molecular weight is 564 g/mol. The molecule has 0 spiro atoms. The van der Waals surface area contributed by atoms with E-state index >= 15 is 0 Å². The van der Waals surface area contributed by atoms with Crippen LogP contribution in [0.15, 0.2) is 78.9 Å². The van der Waals surface area contributed by atoms with Crippen LogP contribution in [0.3, 0.4) is 0 Å². The van der Waals surface area contributed by atoms with E-state index in [1.54, 1.807) is 59.0 Å². The van der Waals surface area contributed by atoms with Crippen molar-refractivity contribution in [3.63, 3.8) is 0 Å². The van der Waals surface area contributed by atoms with Gasteiger partial charge in [-0.25, -0.2) is 4.68 Å². The van der Waals surface area contributed by atoms with Crippen LogP contribution in [0.1, 0.15) is 48.2 Å². The molecule has 0 saturated carbocycles. The third kappa shape index (κ3) is 5.51. The lowest BCUT2D eigenvalue weighted by molar-refractivity contribution is -0.138. The number of aromatic nitrogens is 2. The van der Waals surface area contributed by atoms with Gasteiger partial charge < -0.3 is 14.7 Å². The summed E-state index contributed by atoms with van der Waals surface area (Å²) >= 11 is 12.7. The monoisotopic (exact) mass is 563 g/mol. The van der Waals surface area contributed by atoms with Crippen molar-refractivity contribution in [2.24, 2.45) is 0 Å². The Kier molecular flexibility index (Phi) is 7.91. The molecule has 1 N–H and O–H groups in total. The third-order valence-corrected chi connectivity index (χ3v) is 7.42. The molecule has 1 saturated heterocycles. The van der Waals surface area contributed by atoms with Gasteiger partial charge in [-0.1, -0.05) is 65.7 Å². The lowest BCUT2D eigenvalue weighted by Gasteiger charge is -2.35. The van der Waals surface area contributed by atoms with Crippen LogP contribution in [0.25, 0.3) is 16.9 Å². The summed E-state index contributed by atoms with van der Waals surface area (Å²) in [4.78, 5) is 28.3. The van der Waals surface area contributed by atoms with Crippen LogP contribution in [0.4, 0.5) is 0 Å². The number of carbonyl (C=O) groups excluding carboxylic acids is 1. The van der Waals surface area contributed by atoms with Gasteiger partial charge in [0.25, 0.3) is 5.91 Å². The zero-order chi connectivity index (χ0) is 27.5. The summed E-state index contributed by atoms with van der Waals surface area (Å²) in [5, 5.41) is 15.8. The molecule has 9 heteroatoms. The van der Waals surface area contributed by atoms with Crippen LogP contribution in [0.5, 0.6) is 5.75 Å². The van der Waals surface area contributed by atoms with E-state index in [1.165, 1.54) is 0 Å². The Morgan fingerprint density at radius 2 is 1.67 bits per heavy atom. The van der Waals surface area contributed by atoms with E-state index in [2.05, 4.69) is 0 Å². The number of carbonyl (C=O) groups is 2. The van der Waals surface area contributed by atoms with Crippen LogP contribution in [0, 0.1) is 0 Å². The van der Waals surface area contributed by atoms with Crippen molar-refractivity contribution in [2.45, 2.75) is 38.3 Å². The minimum absolute atomic E-state index is 0.0540. The number of ether oxygens (including phenoxy) is 1. The van der Waals surface area contributed by atoms with E-state index in [1.807, 2.05) is 36.4 Å². The van der Waals surface area contributed by atoms with Gasteiger partial charge in [-0.3, -0.25) is 9.59 Å². The number of hydrogen-bond acceptors (Lipinski definition) is 4. The van der Waals surface area contributed by atoms with Crippen molar-refractivity contribution in [3.05, 3.63) is 100 Å². The van der Waals surface area contributed by atoms with Crippen LogP contribution < -0.4 is 4.74 Å². The molecule has 39 heavy (non-hydrogen) atoms. The van der Waals surface area contributed by atoms with E-state index in [9.17, 15) is 14.7 Å². The lowest BCUT2D eigenvalue weighted by Crippen LogP contribution is -2.47. The number of carboxylic acids is 1. The molecule has 5 rings (SSSR count). The molecule has 1 aliphatic rings. The van der Waals surface area contributed by atoms with Gasteiger partial charge in [-0.15, -0.1) is 0 Å². The van der Waals surface area contributed by atoms with E-state index in [0.717, 1.165) is 12.8 Å². The summed E-state index contributed by atoms with van der Waals surface area (Å²) in [7, 11) is 0. The number of amides is 1. The molecule has 0 aliphatic carbocycles. The SMILES string of the molecule is CC(C(=O)O)c1c(C(=O)N2CCCCC2Oc2ccccc2)nn(-c2ccccc2Cl)c1-c1ccc(Cl)cc1. The molecule has 1 aliphatic heterocycles. The topological polar surface area (TPSA) is 84.7 Å². The van der Waals surface area contributed by atoms with Gasteiger partial charge >= 0.3 is 5.97 Å². The van der Waals surface area contributed by atoms with Crippen LogP contribution in [-0.2, 0) is 4.79 Å². The molecule has 2 heterocycles. The molecule has 4 aromatic rings. The van der Waals surface area contributed by atoms with Crippen molar-refractivity contribution in [1.82, 2.24) is 14.7 Å². The highest BCUT2D eigenvalue weighted by Gasteiger charge is 2.37. The number of halogens is 2. The van der Waals surface area contributed by atoms with Gasteiger partial charge in [-0.05, 0) is 56.2 Å². The van der Waals surface area contributed by atoms with Gasteiger partial charge in [0.2, 0.25) is 0 Å². The van der Waals surface area contributed by atoms with E-state index in [0.29, 0.717) is 51.3 Å². The largest absolute Gasteiger partial charge is 0.481 e. The second-order valence-corrected chi connectivity index (χ2v) is 10.3. The number of aliphatic carboxylic acids is 1. The number of carboxylic acid groups (broad SMARTS) is 1. The smallest absolute Gasteiger partial charge is 0.310 e. The molecular weight excluding hydrogens is 537 g/mol. The summed E-state index contributed by atoms with van der Waals surface area (Å²) in [6.07, 6.45) is 1.86. The first-order valence-corrected chi connectivity index (χ1v) is 13.5. The van der Waals surface area contributed by atoms with Crippen LogP contribution in [0.2, 0.25) is 10.0 Å². The predicted molar refractivity (Wildman–Crippen MR) is 151 cm³/mol. The van der Waals surface area contributed by atoms with Gasteiger partial charge in [0.05, 0.1) is 22.3 Å². The molecule has 0 bridgehead atoms. The van der Waals surface area contributed by atoms with E-state index < -0.39 is 18.1 Å². The fourth-order valence-electron chi connectivity index (χ4n) is 4.85. The number of likely N-dealkylation sites (tertiary alicyclic amines) is 1. The maximum absolute atomic E-state index is 14.2. The Hall–Kier alpha value is -3.81. The summed E-state index contributed by atoms with van der Waals surface area (Å²) in [6.45, 7) is 2.02. The highest BCUT2D eigenvalue weighted by molar-refractivity contribution is 6.32. The number of hydrogen-bond donors (Lipinski definition) is 1. The number of nitrogens with zero attached hydrogens (tertiary/aromatic N) is 3. The Morgan fingerprint density at radius 1 is 0.974 bits per heavy atom. The van der Waals surface area contributed by atoms with Crippen LogP contribution in [-0.4, -0.2) is 44.4 Å². The second kappa shape index (κ2) is 11.5. The van der Waals surface area contributed by atoms with Gasteiger partial charge in [0.1, 0.15) is 5.75 Å². The van der Waals surface area contributed by atoms with Crippen molar-refractivity contribution in [3.8, 4) is 22.7 Å². The first kappa shape index (κ1) is 26.8. The Morgan fingerprint density at radius 3 is 2.36 bits per heavy atom. The van der Waals surface area contributed by atoms with Crippen molar-refractivity contribution < 1.29 is 19.4 Å². The summed E-state index contributed by atoms with van der Waals surface area (Å²) in [6, 6.07) is 23.4. The standard InChI is InChI=1S/C30H27Cl2N3O4/c1-19(30(37)38)26-27(29(36)34-18-8-7-13-25(34)39-22-9-3-2-4-10-22)33-35(24-12-6-5-11-23(24)32)28(26)20-14-16-21(31)17-15-20/h2-6,9-12,14-17,19,25H,7-8,13,18H2,1H3,(H,37,38). The first-order valence-electron chi connectivity index (χ1n) is 12.7. The Labute approximate surface area is 236 Å². The fraction of sp³-hybridized carbons (Fsp3) is 0.233. The normalized spacial score (nSPS) is 16.1. The molecule has 7 nitrogen and oxygen atoms in total. The van der Waals surface area contributed by atoms with Crippen LogP contribution >= 0.6 is 23.2 Å². The zero-order valence-corrected chi connectivity index (χ0v) is 22.8. The van der Waals surface area contributed by atoms with Crippen molar-refractivity contribution in [2.75, 3.05) is 6.54 Å². The minimum Gasteiger partial charge on any atom is -0.481 e. The molecule has 200 valence electrons. The molecule has 2 atom stereocenters. The summed E-state index contributed by atoms with van der Waals surface area (Å²) < 4.78 is 7.78. The molecular formula is C30H27Cl2N3O4. The maximum Gasteiger partial charge on any atom is 0.310 e. The number of piperidine rings is 1. The fourth-order valence-corrected chi connectivity index (χ4v) is 5.19. The minimum atomic E-state index is -1.08. The summed E-state index contributed by atoms with van der Waals surface area (Å²) in [5.74, 6) is -1.85. The number of benzene rings is 3. The van der Waals surface area contributed by atoms with Gasteiger partial charge in [0.15, 0.2) is 11.9 Å². The Bertz CT molecular complexity index is 1490. The Balaban J connectivity index is 1.68. The number of para-hydroxylation sites is 2.